The molecule has 0 saturated carbocycles. The van der Waals surface area contributed by atoms with Crippen LogP contribution in [0, 0.1) is 0 Å². The van der Waals surface area contributed by atoms with E-state index >= 15 is 0 Å². The number of nitrogens with two attached hydrogens (primary N) is 3. The third-order valence-electron chi connectivity index (χ3n) is 1.47. The van der Waals surface area contributed by atoms with Gasteiger partial charge in [0.25, 0.3) is 0 Å². The zero-order valence-corrected chi connectivity index (χ0v) is 7.97. The summed E-state index contributed by atoms with van der Waals surface area (Å²) in [6, 6.07) is -0.997. The maximum Gasteiger partial charge on any atom is 0.362 e. The normalized spacial score (nSPS) is 11.6. The molecule has 0 aromatic carbocycles. The molecule has 0 unspecified atom stereocenters. The molecule has 1 atom stereocenters. The fourth-order valence-electron chi connectivity index (χ4n) is 0.687. The molecule has 8 heteroatoms. The van der Waals surface area contributed by atoms with Crippen molar-refractivity contribution in [3.8, 4) is 0 Å². The fourth-order valence-corrected chi connectivity index (χ4v) is 0.687. The van der Waals surface area contributed by atoms with Gasteiger partial charge in [-0.25, -0.2) is 4.79 Å². The summed E-state index contributed by atoms with van der Waals surface area (Å²) in [7, 11) is 0. The lowest BCUT2D eigenvalue weighted by Gasteiger charge is -2.09. The lowest BCUT2D eigenvalue weighted by Crippen LogP contribution is -2.35. The first-order chi connectivity index (χ1) is 6.97. The number of hydrogen-bond donors (Lipinski definition) is 3. The van der Waals surface area contributed by atoms with Crippen molar-refractivity contribution in [2.24, 2.45) is 17.4 Å². The first kappa shape index (κ1) is 13.3. The Morgan fingerprint density at radius 1 is 1.27 bits per heavy atom. The second kappa shape index (κ2) is 6.74. The standard InChI is InChI=1S/C7H13N3O5/c8-4(1-2-5(9)11)7(13)14-3-6(12)15-10/h4H,1-3,8,10H2,(H2,9,11)/t4-/m0/s1. The molecule has 0 aromatic heterocycles. The summed E-state index contributed by atoms with van der Waals surface area (Å²) in [5.41, 5.74) is 10.2. The molecular formula is C7H13N3O5. The summed E-state index contributed by atoms with van der Waals surface area (Å²) in [5.74, 6) is 2.21. The van der Waals surface area contributed by atoms with E-state index in [0.717, 1.165) is 0 Å². The largest absolute Gasteiger partial charge is 0.452 e. The Morgan fingerprint density at radius 3 is 2.33 bits per heavy atom. The van der Waals surface area contributed by atoms with Crippen molar-refractivity contribution < 1.29 is 24.0 Å². The van der Waals surface area contributed by atoms with Gasteiger partial charge in [-0.3, -0.25) is 9.59 Å². The van der Waals surface area contributed by atoms with Crippen molar-refractivity contribution in [3.63, 3.8) is 0 Å². The molecule has 0 fully saturated rings. The van der Waals surface area contributed by atoms with Crippen LogP contribution in [0.3, 0.4) is 0 Å². The quantitative estimate of drug-likeness (QED) is 0.331. The highest BCUT2D eigenvalue weighted by Gasteiger charge is 2.17. The van der Waals surface area contributed by atoms with E-state index in [2.05, 4.69) is 15.5 Å². The second-order valence-corrected chi connectivity index (χ2v) is 2.71. The number of ether oxygens (including phenoxy) is 1. The van der Waals surface area contributed by atoms with E-state index in [1.54, 1.807) is 0 Å². The first-order valence-corrected chi connectivity index (χ1v) is 4.07. The molecule has 8 nitrogen and oxygen atoms in total. The summed E-state index contributed by atoms with van der Waals surface area (Å²) in [5, 5.41) is 0. The van der Waals surface area contributed by atoms with Gasteiger partial charge in [0.2, 0.25) is 5.91 Å². The van der Waals surface area contributed by atoms with Crippen molar-refractivity contribution in [3.05, 3.63) is 0 Å². The van der Waals surface area contributed by atoms with Crippen molar-refractivity contribution in [2.75, 3.05) is 6.61 Å². The molecule has 0 saturated heterocycles. The number of rotatable bonds is 6. The molecule has 0 bridgehead atoms. The summed E-state index contributed by atoms with van der Waals surface area (Å²) in [4.78, 5) is 35.6. The minimum atomic E-state index is -0.997. The average molecular weight is 219 g/mol. The minimum Gasteiger partial charge on any atom is -0.452 e. The van der Waals surface area contributed by atoms with Crippen LogP contribution in [0.2, 0.25) is 0 Å². The van der Waals surface area contributed by atoms with E-state index in [9.17, 15) is 14.4 Å². The molecule has 0 aliphatic heterocycles. The van der Waals surface area contributed by atoms with Gasteiger partial charge < -0.3 is 21.0 Å². The van der Waals surface area contributed by atoms with E-state index in [0.29, 0.717) is 0 Å². The molecule has 15 heavy (non-hydrogen) atoms. The Labute approximate surface area is 85.6 Å². The van der Waals surface area contributed by atoms with Crippen LogP contribution in [0.25, 0.3) is 0 Å². The van der Waals surface area contributed by atoms with Gasteiger partial charge in [-0.2, -0.15) is 5.90 Å². The number of esters is 1. The predicted octanol–water partition coefficient (Wildman–Crippen LogP) is -2.46. The molecule has 0 heterocycles. The highest BCUT2D eigenvalue weighted by atomic mass is 16.7. The van der Waals surface area contributed by atoms with Crippen molar-refractivity contribution in [1.82, 2.24) is 0 Å². The molecule has 0 radical (unpaired) electrons. The molecule has 0 rings (SSSR count). The molecule has 6 N–H and O–H groups in total. The summed E-state index contributed by atoms with van der Waals surface area (Å²) in [6.07, 6.45) is 0.0312. The van der Waals surface area contributed by atoms with Gasteiger partial charge in [-0.05, 0) is 6.42 Å². The number of amides is 1. The minimum absolute atomic E-state index is 0.0302. The van der Waals surface area contributed by atoms with Crippen molar-refractivity contribution in [2.45, 2.75) is 18.9 Å². The first-order valence-electron chi connectivity index (χ1n) is 4.07. The Hall–Kier alpha value is -1.67. The van der Waals surface area contributed by atoms with E-state index in [-0.39, 0.29) is 12.8 Å². The fraction of sp³-hybridized carbons (Fsp3) is 0.571. The zero-order chi connectivity index (χ0) is 11.8. The Morgan fingerprint density at radius 2 is 1.87 bits per heavy atom. The van der Waals surface area contributed by atoms with E-state index in [1.807, 2.05) is 0 Å². The molecule has 0 spiro atoms. The van der Waals surface area contributed by atoms with Crippen molar-refractivity contribution >= 4 is 17.8 Å². The van der Waals surface area contributed by atoms with Gasteiger partial charge in [0.15, 0.2) is 6.61 Å². The van der Waals surface area contributed by atoms with E-state index in [4.69, 9.17) is 11.5 Å². The topological polar surface area (TPSA) is 148 Å². The van der Waals surface area contributed by atoms with Crippen LogP contribution >= 0.6 is 0 Å². The Bertz CT molecular complexity index is 255. The smallest absolute Gasteiger partial charge is 0.362 e. The van der Waals surface area contributed by atoms with Crippen LogP contribution in [0.5, 0.6) is 0 Å². The Kier molecular flexibility index (Phi) is 5.99. The summed E-state index contributed by atoms with van der Waals surface area (Å²) >= 11 is 0. The van der Waals surface area contributed by atoms with Gasteiger partial charge in [0, 0.05) is 6.42 Å². The summed E-state index contributed by atoms with van der Waals surface area (Å²) in [6.45, 7) is -0.612. The number of primary amides is 1. The molecule has 0 aliphatic carbocycles. The monoisotopic (exact) mass is 219 g/mol. The maximum atomic E-state index is 11.0. The average Bonchev–Trinajstić information content (AvgIpc) is 2.21. The van der Waals surface area contributed by atoms with Crippen LogP contribution in [0.4, 0.5) is 0 Å². The predicted molar refractivity (Wildman–Crippen MR) is 47.6 cm³/mol. The SMILES string of the molecule is NOC(=O)COC(=O)[C@@H](N)CCC(N)=O. The molecule has 86 valence electrons. The number of carbonyl (C=O) groups excluding carboxylic acids is 3. The van der Waals surface area contributed by atoms with Crippen LogP contribution in [0.1, 0.15) is 12.8 Å². The van der Waals surface area contributed by atoms with Gasteiger partial charge in [-0.15, -0.1) is 0 Å². The van der Waals surface area contributed by atoms with Gasteiger partial charge in [-0.1, -0.05) is 0 Å². The van der Waals surface area contributed by atoms with Crippen LogP contribution in [-0.4, -0.2) is 30.5 Å². The van der Waals surface area contributed by atoms with Gasteiger partial charge in [0.05, 0.1) is 0 Å². The highest BCUT2D eigenvalue weighted by molar-refractivity contribution is 5.80. The van der Waals surface area contributed by atoms with E-state index in [1.165, 1.54) is 0 Å². The molecular weight excluding hydrogens is 206 g/mol. The van der Waals surface area contributed by atoms with Crippen LogP contribution in [0.15, 0.2) is 0 Å². The highest BCUT2D eigenvalue weighted by Crippen LogP contribution is 1.96. The summed E-state index contributed by atoms with van der Waals surface area (Å²) < 4.78 is 4.42. The molecule has 1 amide bonds. The maximum absolute atomic E-state index is 11.0. The van der Waals surface area contributed by atoms with Gasteiger partial charge >= 0.3 is 11.9 Å². The third-order valence-corrected chi connectivity index (χ3v) is 1.47. The third kappa shape index (κ3) is 6.41. The lowest BCUT2D eigenvalue weighted by molar-refractivity contribution is -0.160. The second-order valence-electron chi connectivity index (χ2n) is 2.71. The number of carbonyl (C=O) groups is 3. The zero-order valence-electron chi connectivity index (χ0n) is 7.97. The lowest BCUT2D eigenvalue weighted by atomic mass is 10.1. The molecule has 0 aromatic rings. The Balaban J connectivity index is 3.79. The van der Waals surface area contributed by atoms with Gasteiger partial charge in [0.1, 0.15) is 6.04 Å². The van der Waals surface area contributed by atoms with Crippen molar-refractivity contribution in [1.29, 1.82) is 0 Å². The van der Waals surface area contributed by atoms with Crippen LogP contribution in [-0.2, 0) is 24.0 Å². The molecule has 0 aliphatic rings. The van der Waals surface area contributed by atoms with E-state index < -0.39 is 30.5 Å². The van der Waals surface area contributed by atoms with Crippen LogP contribution < -0.4 is 17.4 Å². The number of hydrogen-bond acceptors (Lipinski definition) is 7.